The molecule has 0 fully saturated rings. The number of amides is 2. The number of fused-ring (bicyclic) bond motifs is 1. The molecule has 0 saturated carbocycles. The Labute approximate surface area is 195 Å². The molecule has 0 unspecified atom stereocenters. The third-order valence-electron chi connectivity index (χ3n) is 5.11. The highest BCUT2D eigenvalue weighted by Gasteiger charge is 2.25. The van der Waals surface area contributed by atoms with Gasteiger partial charge in [0.1, 0.15) is 17.3 Å². The van der Waals surface area contributed by atoms with Crippen LogP contribution in [0.2, 0.25) is 5.02 Å². The first-order chi connectivity index (χ1) is 16.0. The third kappa shape index (κ3) is 5.81. The highest BCUT2D eigenvalue weighted by atomic mass is 35.5. The van der Waals surface area contributed by atoms with E-state index in [4.69, 9.17) is 21.1 Å². The first kappa shape index (κ1) is 22.6. The maximum atomic E-state index is 13.4. The molecule has 33 heavy (non-hydrogen) atoms. The highest BCUT2D eigenvalue weighted by Crippen LogP contribution is 2.35. The summed E-state index contributed by atoms with van der Waals surface area (Å²) in [6.45, 7) is 0.959. The van der Waals surface area contributed by atoms with E-state index in [2.05, 4.69) is 5.32 Å². The van der Waals surface area contributed by atoms with Crippen LogP contribution in [-0.4, -0.2) is 31.6 Å². The second-order valence-electron chi connectivity index (χ2n) is 7.49. The van der Waals surface area contributed by atoms with Gasteiger partial charge in [0, 0.05) is 22.8 Å². The molecule has 8 heteroatoms. The molecule has 1 N–H and O–H groups in total. The van der Waals surface area contributed by atoms with E-state index in [1.165, 1.54) is 24.3 Å². The Morgan fingerprint density at radius 1 is 1.09 bits per heavy atom. The number of carbonyl (C=O) groups is 2. The molecule has 3 aromatic carbocycles. The van der Waals surface area contributed by atoms with Crippen LogP contribution in [-0.2, 0) is 4.79 Å². The summed E-state index contributed by atoms with van der Waals surface area (Å²) in [6.07, 6.45) is 1.47. The van der Waals surface area contributed by atoms with Crippen LogP contribution in [0.15, 0.2) is 66.7 Å². The summed E-state index contributed by atoms with van der Waals surface area (Å²) >= 11 is 5.87. The van der Waals surface area contributed by atoms with Crippen molar-refractivity contribution in [2.75, 3.05) is 30.0 Å². The lowest BCUT2D eigenvalue weighted by Gasteiger charge is -2.30. The van der Waals surface area contributed by atoms with E-state index < -0.39 is 11.7 Å². The van der Waals surface area contributed by atoms with Crippen LogP contribution in [0.4, 0.5) is 15.8 Å². The number of halogens is 2. The lowest BCUT2D eigenvalue weighted by molar-refractivity contribution is -0.121. The standard InChI is InChI=1S/C25H22ClFN2O4/c26-18-6-9-21(10-7-18)32-13-2-1-12-29-22-15-20(8-11-23(22)33-16-24(29)30)28-25(31)17-4-3-5-19(27)14-17/h3-11,14-15H,1-2,12-13,16H2,(H,28,31). The van der Waals surface area contributed by atoms with Crippen molar-refractivity contribution >= 4 is 34.8 Å². The number of hydrogen-bond donors (Lipinski definition) is 1. The van der Waals surface area contributed by atoms with Crippen LogP contribution in [0, 0.1) is 5.82 Å². The van der Waals surface area contributed by atoms with Gasteiger partial charge in [-0.25, -0.2) is 4.39 Å². The van der Waals surface area contributed by atoms with E-state index in [0.717, 1.165) is 18.6 Å². The van der Waals surface area contributed by atoms with Gasteiger partial charge in [0.05, 0.1) is 12.3 Å². The van der Waals surface area contributed by atoms with Gasteiger partial charge >= 0.3 is 0 Å². The van der Waals surface area contributed by atoms with Gasteiger partial charge in [-0.2, -0.15) is 0 Å². The van der Waals surface area contributed by atoms with E-state index in [-0.39, 0.29) is 18.1 Å². The number of rotatable bonds is 8. The second kappa shape index (κ2) is 10.4. The number of anilines is 2. The summed E-state index contributed by atoms with van der Waals surface area (Å²) in [5.74, 6) is 0.220. The van der Waals surface area contributed by atoms with Crippen molar-refractivity contribution in [2.45, 2.75) is 12.8 Å². The molecule has 0 aromatic heterocycles. The Bertz CT molecular complexity index is 1150. The molecule has 0 bridgehead atoms. The van der Waals surface area contributed by atoms with E-state index >= 15 is 0 Å². The zero-order valence-electron chi connectivity index (χ0n) is 17.7. The van der Waals surface area contributed by atoms with Gasteiger partial charge in [0.25, 0.3) is 11.8 Å². The van der Waals surface area contributed by atoms with Crippen molar-refractivity contribution < 1.29 is 23.5 Å². The fraction of sp³-hybridized carbons (Fsp3) is 0.200. The molecule has 0 atom stereocenters. The van der Waals surface area contributed by atoms with Crippen LogP contribution in [0.5, 0.6) is 11.5 Å². The zero-order chi connectivity index (χ0) is 23.2. The molecule has 2 amide bonds. The molecule has 0 radical (unpaired) electrons. The summed E-state index contributed by atoms with van der Waals surface area (Å²) in [5, 5.41) is 3.39. The van der Waals surface area contributed by atoms with Crippen molar-refractivity contribution in [2.24, 2.45) is 0 Å². The molecule has 170 valence electrons. The third-order valence-corrected chi connectivity index (χ3v) is 5.36. The fourth-order valence-corrected chi connectivity index (χ4v) is 3.58. The SMILES string of the molecule is O=C(Nc1ccc2c(c1)N(CCCCOc1ccc(Cl)cc1)C(=O)CO2)c1cccc(F)c1. The van der Waals surface area contributed by atoms with Gasteiger partial charge in [-0.05, 0) is 73.5 Å². The largest absolute Gasteiger partial charge is 0.494 e. The molecule has 1 aliphatic rings. The van der Waals surface area contributed by atoms with Gasteiger partial charge in [-0.15, -0.1) is 0 Å². The molecule has 1 aliphatic heterocycles. The van der Waals surface area contributed by atoms with Crippen molar-refractivity contribution in [3.63, 3.8) is 0 Å². The van der Waals surface area contributed by atoms with E-state index in [1.54, 1.807) is 35.2 Å². The summed E-state index contributed by atoms with van der Waals surface area (Å²) in [5.41, 5.74) is 1.27. The Kier molecular flexibility index (Phi) is 7.10. The normalized spacial score (nSPS) is 12.7. The van der Waals surface area contributed by atoms with E-state index in [9.17, 15) is 14.0 Å². The van der Waals surface area contributed by atoms with E-state index in [0.29, 0.717) is 35.3 Å². The van der Waals surface area contributed by atoms with Crippen molar-refractivity contribution in [1.82, 2.24) is 0 Å². The Morgan fingerprint density at radius 3 is 2.70 bits per heavy atom. The summed E-state index contributed by atoms with van der Waals surface area (Å²) < 4.78 is 24.6. The minimum Gasteiger partial charge on any atom is -0.494 e. The number of hydrogen-bond acceptors (Lipinski definition) is 4. The summed E-state index contributed by atoms with van der Waals surface area (Å²) in [4.78, 5) is 26.6. The number of unbranched alkanes of at least 4 members (excludes halogenated alkanes) is 1. The van der Waals surface area contributed by atoms with Crippen molar-refractivity contribution in [3.05, 3.63) is 83.1 Å². The van der Waals surface area contributed by atoms with Crippen LogP contribution >= 0.6 is 11.6 Å². The number of carbonyl (C=O) groups excluding carboxylic acids is 2. The molecular formula is C25H22ClFN2O4. The zero-order valence-corrected chi connectivity index (χ0v) is 18.5. The van der Waals surface area contributed by atoms with Gasteiger partial charge in [0.2, 0.25) is 0 Å². The maximum absolute atomic E-state index is 13.4. The minimum absolute atomic E-state index is 0.0384. The minimum atomic E-state index is -0.488. The number of nitrogens with zero attached hydrogens (tertiary/aromatic N) is 1. The topological polar surface area (TPSA) is 67.9 Å². The average Bonchev–Trinajstić information content (AvgIpc) is 2.81. The van der Waals surface area contributed by atoms with E-state index in [1.807, 2.05) is 12.1 Å². The second-order valence-corrected chi connectivity index (χ2v) is 7.93. The molecule has 4 rings (SSSR count). The van der Waals surface area contributed by atoms with Crippen molar-refractivity contribution in [1.29, 1.82) is 0 Å². The van der Waals surface area contributed by atoms with Crippen molar-refractivity contribution in [3.8, 4) is 11.5 Å². The highest BCUT2D eigenvalue weighted by molar-refractivity contribution is 6.30. The monoisotopic (exact) mass is 468 g/mol. The van der Waals surface area contributed by atoms with Gasteiger partial charge in [0.15, 0.2) is 6.61 Å². The van der Waals surface area contributed by atoms with Gasteiger partial charge < -0.3 is 19.7 Å². The Hall–Kier alpha value is -3.58. The predicted molar refractivity (Wildman–Crippen MR) is 125 cm³/mol. The maximum Gasteiger partial charge on any atom is 0.265 e. The molecule has 6 nitrogen and oxygen atoms in total. The Balaban J connectivity index is 1.37. The smallest absolute Gasteiger partial charge is 0.265 e. The van der Waals surface area contributed by atoms with Crippen LogP contribution in [0.25, 0.3) is 0 Å². The van der Waals surface area contributed by atoms with Gasteiger partial charge in [-0.3, -0.25) is 9.59 Å². The number of nitrogens with one attached hydrogen (secondary N) is 1. The summed E-state index contributed by atoms with van der Waals surface area (Å²) in [7, 11) is 0. The first-order valence-electron chi connectivity index (χ1n) is 10.5. The molecule has 0 saturated heterocycles. The first-order valence-corrected chi connectivity index (χ1v) is 10.9. The lowest BCUT2D eigenvalue weighted by Crippen LogP contribution is -2.39. The number of benzene rings is 3. The lowest BCUT2D eigenvalue weighted by atomic mass is 10.1. The predicted octanol–water partition coefficient (Wildman–Crippen LogP) is 5.32. The molecule has 1 heterocycles. The van der Waals surface area contributed by atoms with Crippen LogP contribution in [0.1, 0.15) is 23.2 Å². The number of ether oxygens (including phenoxy) is 2. The summed E-state index contributed by atoms with van der Waals surface area (Å²) in [6, 6.07) is 17.7. The molecule has 0 spiro atoms. The fourth-order valence-electron chi connectivity index (χ4n) is 3.45. The molecular weight excluding hydrogens is 447 g/mol. The molecule has 0 aliphatic carbocycles. The molecule has 3 aromatic rings. The van der Waals surface area contributed by atoms with Crippen LogP contribution in [0.3, 0.4) is 0 Å². The Morgan fingerprint density at radius 2 is 1.91 bits per heavy atom. The van der Waals surface area contributed by atoms with Gasteiger partial charge in [-0.1, -0.05) is 17.7 Å². The average molecular weight is 469 g/mol. The van der Waals surface area contributed by atoms with Crippen LogP contribution < -0.4 is 19.7 Å². The quantitative estimate of drug-likeness (QED) is 0.454.